The number of anilines is 1. The molecule has 1 saturated heterocycles. The van der Waals surface area contributed by atoms with Crippen molar-refractivity contribution in [3.05, 3.63) is 53.9 Å². The number of nitrogens with two attached hydrogens (primary N) is 1. The van der Waals surface area contributed by atoms with Crippen molar-refractivity contribution in [2.75, 3.05) is 31.1 Å². The van der Waals surface area contributed by atoms with Gasteiger partial charge in [0.25, 0.3) is 6.43 Å². The highest BCUT2D eigenvalue weighted by atomic mass is 127. The Morgan fingerprint density at radius 1 is 1.11 bits per heavy atom. The van der Waals surface area contributed by atoms with Gasteiger partial charge in [0.05, 0.1) is 0 Å². The van der Waals surface area contributed by atoms with Crippen molar-refractivity contribution in [2.45, 2.75) is 13.0 Å². The van der Waals surface area contributed by atoms with Gasteiger partial charge in [0.1, 0.15) is 23.9 Å². The summed E-state index contributed by atoms with van der Waals surface area (Å²) < 4.78 is 38.3. The van der Waals surface area contributed by atoms with Crippen molar-refractivity contribution in [1.29, 1.82) is 0 Å². The van der Waals surface area contributed by atoms with Gasteiger partial charge in [-0.1, -0.05) is 0 Å². The van der Waals surface area contributed by atoms with Gasteiger partial charge in [-0.2, -0.15) is 0 Å². The van der Waals surface area contributed by atoms with E-state index in [1.165, 1.54) is 24.4 Å². The van der Waals surface area contributed by atoms with E-state index in [0.717, 1.165) is 18.8 Å². The molecule has 10 heteroatoms. The number of nitrogens with zero attached hydrogens (tertiary/aromatic N) is 5. The van der Waals surface area contributed by atoms with Gasteiger partial charge in [-0.3, -0.25) is 0 Å². The van der Waals surface area contributed by atoms with Crippen LogP contribution in [0.4, 0.5) is 18.9 Å². The predicted octanol–water partition coefficient (Wildman–Crippen LogP) is 2.81. The quantitative estimate of drug-likeness (QED) is 0.404. The molecule has 1 aliphatic rings. The molecule has 0 aliphatic carbocycles. The largest absolute Gasteiger partial charge is 0.370 e. The van der Waals surface area contributed by atoms with E-state index in [2.05, 4.69) is 19.9 Å². The molecule has 0 spiro atoms. The number of halogens is 4. The number of aliphatic imine (C=N–C) groups is 1. The van der Waals surface area contributed by atoms with Crippen LogP contribution in [0, 0.1) is 5.82 Å². The minimum Gasteiger partial charge on any atom is -0.370 e. The van der Waals surface area contributed by atoms with Gasteiger partial charge in [0, 0.05) is 38.1 Å². The first-order valence-corrected chi connectivity index (χ1v) is 8.18. The fraction of sp³-hybridized carbons (Fsp3) is 0.353. The van der Waals surface area contributed by atoms with Crippen molar-refractivity contribution in [2.24, 2.45) is 10.7 Å². The lowest BCUT2D eigenvalue weighted by atomic mass is 10.2. The number of guanidine groups is 1. The molecule has 6 nitrogen and oxygen atoms in total. The first-order chi connectivity index (χ1) is 12.5. The fourth-order valence-corrected chi connectivity index (χ4v) is 2.71. The third kappa shape index (κ3) is 5.68. The van der Waals surface area contributed by atoms with Gasteiger partial charge in [-0.05, 0) is 30.3 Å². The highest BCUT2D eigenvalue weighted by Crippen LogP contribution is 2.17. The van der Waals surface area contributed by atoms with Crippen LogP contribution in [0.3, 0.4) is 0 Å². The monoisotopic (exact) mass is 492 g/mol. The third-order valence-electron chi connectivity index (χ3n) is 4.13. The first kappa shape index (κ1) is 21.2. The maximum atomic E-state index is 13.0. The summed E-state index contributed by atoms with van der Waals surface area (Å²) in [6, 6.07) is 7.54. The molecule has 2 heterocycles. The molecule has 2 aromatic rings. The molecule has 1 aliphatic heterocycles. The lowest BCUT2D eigenvalue weighted by molar-refractivity contribution is 0.145. The highest BCUT2D eigenvalue weighted by Gasteiger charge is 2.18. The van der Waals surface area contributed by atoms with Gasteiger partial charge < -0.3 is 15.5 Å². The van der Waals surface area contributed by atoms with E-state index < -0.39 is 6.43 Å². The molecule has 0 amide bonds. The van der Waals surface area contributed by atoms with Gasteiger partial charge in [0.2, 0.25) is 0 Å². The zero-order valence-electron chi connectivity index (χ0n) is 14.4. The Morgan fingerprint density at radius 3 is 2.41 bits per heavy atom. The van der Waals surface area contributed by atoms with E-state index in [1.807, 2.05) is 4.90 Å². The molecule has 3 rings (SSSR count). The second kappa shape index (κ2) is 9.72. The van der Waals surface area contributed by atoms with Gasteiger partial charge >= 0.3 is 0 Å². The van der Waals surface area contributed by atoms with Crippen LogP contribution in [0.25, 0.3) is 0 Å². The summed E-state index contributed by atoms with van der Waals surface area (Å²) in [5.41, 5.74) is 6.64. The topological polar surface area (TPSA) is 70.6 Å². The van der Waals surface area contributed by atoms with Crippen LogP contribution in [0.1, 0.15) is 17.9 Å². The van der Waals surface area contributed by atoms with Crippen molar-refractivity contribution >= 4 is 35.6 Å². The maximum Gasteiger partial charge on any atom is 0.280 e. The molecular weight excluding hydrogens is 472 g/mol. The molecule has 0 atom stereocenters. The summed E-state index contributed by atoms with van der Waals surface area (Å²) in [6.07, 6.45) is -1.35. The van der Waals surface area contributed by atoms with Crippen LogP contribution in [0.15, 0.2) is 41.5 Å². The van der Waals surface area contributed by atoms with E-state index in [1.54, 1.807) is 12.1 Å². The fourth-order valence-electron chi connectivity index (χ4n) is 2.71. The lowest BCUT2D eigenvalue weighted by Crippen LogP contribution is -2.51. The van der Waals surface area contributed by atoms with Crippen LogP contribution in [0.5, 0.6) is 0 Å². The molecular formula is C17H20F3IN6. The zero-order chi connectivity index (χ0) is 18.5. The molecule has 1 aromatic carbocycles. The molecule has 0 bridgehead atoms. The number of hydrogen-bond acceptors (Lipinski definition) is 4. The molecule has 0 unspecified atom stereocenters. The summed E-state index contributed by atoms with van der Waals surface area (Å²) in [5, 5.41) is 0. The van der Waals surface area contributed by atoms with E-state index in [4.69, 9.17) is 5.73 Å². The molecule has 27 heavy (non-hydrogen) atoms. The van der Waals surface area contributed by atoms with Crippen molar-refractivity contribution in [3.8, 4) is 0 Å². The van der Waals surface area contributed by atoms with Crippen LogP contribution >= 0.6 is 24.0 Å². The number of alkyl halides is 2. The van der Waals surface area contributed by atoms with E-state index in [-0.39, 0.29) is 47.9 Å². The van der Waals surface area contributed by atoms with E-state index in [9.17, 15) is 13.2 Å². The Labute approximate surface area is 172 Å². The van der Waals surface area contributed by atoms with Gasteiger partial charge in [-0.15, -0.1) is 24.0 Å². The predicted molar refractivity (Wildman–Crippen MR) is 108 cm³/mol. The normalized spacial score (nSPS) is 15.0. The first-order valence-electron chi connectivity index (χ1n) is 8.18. The number of aromatic nitrogens is 2. The summed E-state index contributed by atoms with van der Waals surface area (Å²) in [5.74, 6) is 0.271. The molecule has 0 radical (unpaired) electrons. The Bertz CT molecular complexity index is 764. The molecule has 1 fully saturated rings. The van der Waals surface area contributed by atoms with E-state index in [0.29, 0.717) is 19.0 Å². The van der Waals surface area contributed by atoms with Crippen molar-refractivity contribution in [1.82, 2.24) is 14.9 Å². The summed E-state index contributed by atoms with van der Waals surface area (Å²) in [4.78, 5) is 16.0. The SMILES string of the molecule is I.NC(=NCc1nccc(C(F)F)n1)N1CCN(c2ccc(F)cc2)CC1. The highest BCUT2D eigenvalue weighted by molar-refractivity contribution is 14.0. The Kier molecular flexibility index (Phi) is 7.63. The minimum absolute atomic E-state index is 0. The lowest BCUT2D eigenvalue weighted by Gasteiger charge is -2.36. The Morgan fingerprint density at radius 2 is 1.78 bits per heavy atom. The Balaban J connectivity index is 0.00000261. The molecule has 2 N–H and O–H groups in total. The molecule has 146 valence electrons. The average Bonchev–Trinajstić information content (AvgIpc) is 2.67. The standard InChI is InChI=1S/C17H19F3N6.HI/c18-12-1-3-13(4-2-12)25-7-9-26(10-8-25)17(21)23-11-15-22-6-5-14(24-15)16(19)20;/h1-6,16H,7-11H2,(H2,21,23);1H. The number of piperazine rings is 1. The summed E-state index contributed by atoms with van der Waals surface area (Å²) in [6.45, 7) is 2.80. The van der Waals surface area contributed by atoms with E-state index >= 15 is 0 Å². The smallest absolute Gasteiger partial charge is 0.280 e. The van der Waals surface area contributed by atoms with Crippen LogP contribution < -0.4 is 10.6 Å². The second-order valence-corrected chi connectivity index (χ2v) is 5.82. The maximum absolute atomic E-state index is 13.0. The molecule has 0 saturated carbocycles. The average molecular weight is 492 g/mol. The van der Waals surface area contributed by atoms with Crippen molar-refractivity contribution in [3.63, 3.8) is 0 Å². The van der Waals surface area contributed by atoms with Crippen LogP contribution in [-0.4, -0.2) is 47.0 Å². The van der Waals surface area contributed by atoms with Gasteiger partial charge in [-0.25, -0.2) is 28.1 Å². The summed E-state index contributed by atoms with van der Waals surface area (Å²) >= 11 is 0. The van der Waals surface area contributed by atoms with Crippen LogP contribution in [0.2, 0.25) is 0 Å². The number of hydrogen-bond donors (Lipinski definition) is 1. The number of rotatable bonds is 4. The summed E-state index contributed by atoms with van der Waals surface area (Å²) in [7, 11) is 0. The minimum atomic E-state index is -2.64. The van der Waals surface area contributed by atoms with Gasteiger partial charge in [0.15, 0.2) is 5.96 Å². The third-order valence-corrected chi connectivity index (χ3v) is 4.13. The van der Waals surface area contributed by atoms with Crippen molar-refractivity contribution < 1.29 is 13.2 Å². The second-order valence-electron chi connectivity index (χ2n) is 5.82. The molecule has 1 aromatic heterocycles. The van der Waals surface area contributed by atoms with Crippen LogP contribution in [-0.2, 0) is 6.54 Å². The number of benzene rings is 1. The Hall–Kier alpha value is -2.11. The zero-order valence-corrected chi connectivity index (χ0v) is 16.8.